The highest BCUT2D eigenvalue weighted by Gasteiger charge is 2.26. The maximum atomic E-state index is 13.2. The zero-order valence-electron chi connectivity index (χ0n) is 24.3. The van der Waals surface area contributed by atoms with Crippen LogP contribution >= 0.6 is 0 Å². The number of amides is 3. The number of nitrogens with zero attached hydrogens (tertiary/aromatic N) is 2. The Morgan fingerprint density at radius 3 is 2.50 bits per heavy atom. The molecule has 1 aromatic heterocycles. The van der Waals surface area contributed by atoms with E-state index in [1.54, 1.807) is 35.2 Å². The van der Waals surface area contributed by atoms with E-state index >= 15 is 0 Å². The van der Waals surface area contributed by atoms with Gasteiger partial charge in [0.25, 0.3) is 11.8 Å². The van der Waals surface area contributed by atoms with E-state index in [1.807, 2.05) is 42.5 Å². The molecule has 1 fully saturated rings. The first-order valence-corrected chi connectivity index (χ1v) is 14.6. The summed E-state index contributed by atoms with van der Waals surface area (Å²) in [6, 6.07) is 21.8. The van der Waals surface area contributed by atoms with Crippen LogP contribution in [0.15, 0.2) is 72.8 Å². The normalized spacial score (nSPS) is 13.5. The summed E-state index contributed by atoms with van der Waals surface area (Å²) in [5.74, 6) is 0.332. The first-order chi connectivity index (χ1) is 21.5. The fourth-order valence-corrected chi connectivity index (χ4v) is 4.87. The molecule has 230 valence electrons. The summed E-state index contributed by atoms with van der Waals surface area (Å²) in [4.78, 5) is 48.0. The lowest BCUT2D eigenvalue weighted by molar-refractivity contribution is 0.0409. The number of benzene rings is 3. The number of imidazole rings is 1. The molecule has 0 spiro atoms. The van der Waals surface area contributed by atoms with Crippen molar-refractivity contribution in [3.63, 3.8) is 0 Å². The molecular formula is C32H36N6O6. The van der Waals surface area contributed by atoms with E-state index in [0.717, 1.165) is 22.4 Å². The van der Waals surface area contributed by atoms with E-state index in [1.165, 1.54) is 0 Å². The van der Waals surface area contributed by atoms with Crippen molar-refractivity contribution in [2.24, 2.45) is 5.73 Å². The van der Waals surface area contributed by atoms with Crippen LogP contribution < -0.4 is 16.4 Å². The molecule has 5 rings (SSSR count). The molecule has 2 heterocycles. The first kappa shape index (κ1) is 30.7. The number of likely N-dealkylation sites (tertiary alicyclic amines) is 1. The molecule has 0 bridgehead atoms. The summed E-state index contributed by atoms with van der Waals surface area (Å²) in [5.41, 5.74) is 9.27. The Morgan fingerprint density at radius 1 is 0.909 bits per heavy atom. The summed E-state index contributed by atoms with van der Waals surface area (Å²) in [6.45, 7) is 2.57. The minimum atomic E-state index is -0.618. The lowest BCUT2D eigenvalue weighted by atomic mass is 10.1. The van der Waals surface area contributed by atoms with Crippen LogP contribution in [0.25, 0.3) is 22.4 Å². The summed E-state index contributed by atoms with van der Waals surface area (Å²) in [5, 5.41) is 5.34. The molecule has 1 saturated heterocycles. The fourth-order valence-electron chi connectivity index (χ4n) is 4.87. The number of anilines is 1. The minimum Gasteiger partial charge on any atom is -0.446 e. The van der Waals surface area contributed by atoms with Crippen molar-refractivity contribution in [3.8, 4) is 11.4 Å². The molecule has 0 unspecified atom stereocenters. The van der Waals surface area contributed by atoms with Gasteiger partial charge in [-0.05, 0) is 36.4 Å². The number of hydrogen-bond donors (Lipinski definition) is 4. The average Bonchev–Trinajstić information content (AvgIpc) is 3.48. The van der Waals surface area contributed by atoms with Gasteiger partial charge in [-0.15, -0.1) is 0 Å². The molecule has 5 N–H and O–H groups in total. The van der Waals surface area contributed by atoms with Gasteiger partial charge < -0.3 is 35.1 Å². The van der Waals surface area contributed by atoms with Gasteiger partial charge in [0, 0.05) is 54.9 Å². The van der Waals surface area contributed by atoms with Crippen molar-refractivity contribution >= 4 is 34.6 Å². The van der Waals surface area contributed by atoms with Crippen molar-refractivity contribution in [2.75, 3.05) is 51.5 Å². The van der Waals surface area contributed by atoms with E-state index in [2.05, 4.69) is 20.6 Å². The number of carbonyl (C=O) groups excluding carboxylic acids is 3. The number of nitrogens with one attached hydrogen (secondary N) is 3. The molecule has 0 atom stereocenters. The van der Waals surface area contributed by atoms with Gasteiger partial charge in [0.15, 0.2) is 0 Å². The summed E-state index contributed by atoms with van der Waals surface area (Å²) >= 11 is 0. The Balaban J connectivity index is 1.06. The summed E-state index contributed by atoms with van der Waals surface area (Å²) in [7, 11) is 0. The molecule has 0 aliphatic carbocycles. The maximum absolute atomic E-state index is 13.2. The van der Waals surface area contributed by atoms with Gasteiger partial charge in [-0.1, -0.05) is 36.4 Å². The molecule has 44 heavy (non-hydrogen) atoms. The molecular weight excluding hydrogens is 564 g/mol. The standard InChI is InChI=1S/C32H36N6O6/c33-13-16-42-17-18-43-21-34-30(39)23-7-4-8-25(19-23)35-32(41)44-26-11-14-38(15-12-26)31(40)24-9-10-27-28(20-24)37-29(36-27)22-5-2-1-3-6-22/h1-10,19-20,26H,11-18,21,33H2,(H,34,39)(H,35,41)(H,36,37). The van der Waals surface area contributed by atoms with Crippen molar-refractivity contribution in [2.45, 2.75) is 18.9 Å². The van der Waals surface area contributed by atoms with Gasteiger partial charge in [-0.3, -0.25) is 14.9 Å². The molecule has 4 aromatic rings. The molecule has 1 aliphatic rings. The zero-order valence-corrected chi connectivity index (χ0v) is 24.3. The Bertz CT molecular complexity index is 1570. The maximum Gasteiger partial charge on any atom is 0.411 e. The van der Waals surface area contributed by atoms with E-state index in [-0.39, 0.29) is 24.6 Å². The van der Waals surface area contributed by atoms with Gasteiger partial charge in [0.05, 0.1) is 30.9 Å². The molecule has 12 heteroatoms. The quantitative estimate of drug-likeness (QED) is 0.141. The third-order valence-corrected chi connectivity index (χ3v) is 7.12. The van der Waals surface area contributed by atoms with Crippen LogP contribution in [0.1, 0.15) is 33.6 Å². The Morgan fingerprint density at radius 2 is 1.70 bits per heavy atom. The Labute approximate surface area is 254 Å². The van der Waals surface area contributed by atoms with E-state index in [4.69, 9.17) is 19.9 Å². The number of ether oxygens (including phenoxy) is 3. The summed E-state index contributed by atoms with van der Waals surface area (Å²) < 4.78 is 16.1. The molecule has 12 nitrogen and oxygen atoms in total. The SMILES string of the molecule is NCCOCCOCNC(=O)c1cccc(NC(=O)OC2CCN(C(=O)c3ccc4nc(-c5ccccc5)[nH]c4c3)CC2)c1. The highest BCUT2D eigenvalue weighted by Crippen LogP contribution is 2.23. The molecule has 0 radical (unpaired) electrons. The Kier molecular flexibility index (Phi) is 10.5. The first-order valence-electron chi connectivity index (χ1n) is 14.6. The van der Waals surface area contributed by atoms with E-state index in [0.29, 0.717) is 69.1 Å². The van der Waals surface area contributed by atoms with Crippen molar-refractivity contribution in [3.05, 3.63) is 83.9 Å². The largest absolute Gasteiger partial charge is 0.446 e. The van der Waals surface area contributed by atoms with Crippen LogP contribution in [-0.2, 0) is 14.2 Å². The van der Waals surface area contributed by atoms with Gasteiger partial charge in [0.2, 0.25) is 0 Å². The number of fused-ring (bicyclic) bond motifs is 1. The van der Waals surface area contributed by atoms with E-state index in [9.17, 15) is 14.4 Å². The molecule has 1 aliphatic heterocycles. The number of carbonyl (C=O) groups is 3. The zero-order chi connectivity index (χ0) is 30.7. The van der Waals surface area contributed by atoms with Crippen molar-refractivity contribution in [1.82, 2.24) is 20.2 Å². The predicted molar refractivity (Wildman–Crippen MR) is 165 cm³/mol. The average molecular weight is 601 g/mol. The van der Waals surface area contributed by atoms with Crippen LogP contribution in [0.2, 0.25) is 0 Å². The lowest BCUT2D eigenvalue weighted by Gasteiger charge is -2.31. The number of H-pyrrole nitrogens is 1. The van der Waals surface area contributed by atoms with Crippen LogP contribution in [0.4, 0.5) is 10.5 Å². The van der Waals surface area contributed by atoms with Gasteiger partial charge in [0.1, 0.15) is 18.7 Å². The van der Waals surface area contributed by atoms with Crippen LogP contribution in [-0.4, -0.2) is 85.1 Å². The lowest BCUT2D eigenvalue weighted by Crippen LogP contribution is -2.41. The number of rotatable bonds is 12. The Hall–Kier alpha value is -4.78. The minimum absolute atomic E-state index is 0.0265. The van der Waals surface area contributed by atoms with Crippen molar-refractivity contribution < 1.29 is 28.6 Å². The van der Waals surface area contributed by atoms with Gasteiger partial charge >= 0.3 is 6.09 Å². The van der Waals surface area contributed by atoms with Crippen molar-refractivity contribution in [1.29, 1.82) is 0 Å². The number of hydrogen-bond acceptors (Lipinski definition) is 8. The van der Waals surface area contributed by atoms with Crippen LogP contribution in [0.5, 0.6) is 0 Å². The number of aromatic amines is 1. The second kappa shape index (κ2) is 15.1. The smallest absolute Gasteiger partial charge is 0.411 e. The number of nitrogens with two attached hydrogens (primary N) is 1. The third kappa shape index (κ3) is 8.19. The van der Waals surface area contributed by atoms with Crippen LogP contribution in [0, 0.1) is 0 Å². The predicted octanol–water partition coefficient (Wildman–Crippen LogP) is 3.76. The molecule has 3 aromatic carbocycles. The topological polar surface area (TPSA) is 161 Å². The second-order valence-corrected chi connectivity index (χ2v) is 10.2. The fraction of sp³-hybridized carbons (Fsp3) is 0.312. The monoisotopic (exact) mass is 600 g/mol. The van der Waals surface area contributed by atoms with Gasteiger partial charge in [-0.2, -0.15) is 0 Å². The summed E-state index contributed by atoms with van der Waals surface area (Å²) in [6.07, 6.45) is 0.0826. The molecule has 0 saturated carbocycles. The van der Waals surface area contributed by atoms with Crippen LogP contribution in [0.3, 0.4) is 0 Å². The third-order valence-electron chi connectivity index (χ3n) is 7.12. The number of aromatic nitrogens is 2. The highest BCUT2D eigenvalue weighted by molar-refractivity contribution is 5.98. The second-order valence-electron chi connectivity index (χ2n) is 10.2. The number of piperidine rings is 1. The highest BCUT2D eigenvalue weighted by atomic mass is 16.6. The van der Waals surface area contributed by atoms with E-state index < -0.39 is 6.09 Å². The van der Waals surface area contributed by atoms with Gasteiger partial charge in [-0.25, -0.2) is 9.78 Å². The molecule has 3 amide bonds.